The van der Waals surface area contributed by atoms with Gasteiger partial charge in [-0.3, -0.25) is 0 Å². The zero-order valence-corrected chi connectivity index (χ0v) is 20.0. The van der Waals surface area contributed by atoms with Gasteiger partial charge in [0.05, 0.1) is 0 Å². The predicted octanol–water partition coefficient (Wildman–Crippen LogP) is 4.58. The van der Waals surface area contributed by atoms with Crippen LogP contribution in [0.4, 0.5) is 0 Å². The van der Waals surface area contributed by atoms with Crippen LogP contribution < -0.4 is 10.4 Å². The third-order valence-corrected chi connectivity index (χ3v) is 6.17. The van der Waals surface area contributed by atoms with Gasteiger partial charge in [-0.2, -0.15) is 0 Å². The summed E-state index contributed by atoms with van der Waals surface area (Å²) in [6.07, 6.45) is 12.3. The Kier molecular flexibility index (Phi) is 6.49. The zero-order chi connectivity index (χ0) is 18.3. The smallest absolute Gasteiger partial charge is 0 e. The Morgan fingerprint density at radius 3 is 2.07 bits per heavy atom. The molecular formula is C26H30Y-2. The third kappa shape index (κ3) is 4.18. The average molecular weight is 431 g/mol. The van der Waals surface area contributed by atoms with Crippen molar-refractivity contribution in [3.8, 4) is 0 Å². The van der Waals surface area contributed by atoms with Crippen LogP contribution in [0.3, 0.4) is 0 Å². The summed E-state index contributed by atoms with van der Waals surface area (Å²) < 4.78 is 0. The van der Waals surface area contributed by atoms with Gasteiger partial charge in [-0.25, -0.2) is 0 Å². The first kappa shape index (κ1) is 21.0. The van der Waals surface area contributed by atoms with Gasteiger partial charge in [-0.05, 0) is 18.3 Å². The van der Waals surface area contributed by atoms with Crippen molar-refractivity contribution < 1.29 is 32.7 Å². The third-order valence-electron chi connectivity index (χ3n) is 6.17. The molecule has 2 aromatic carbocycles. The summed E-state index contributed by atoms with van der Waals surface area (Å²) in [4.78, 5) is 0. The topological polar surface area (TPSA) is 0 Å². The van der Waals surface area contributed by atoms with Crippen LogP contribution in [0.25, 0.3) is 12.7 Å². The van der Waals surface area contributed by atoms with Crippen LogP contribution in [-0.2, 0) is 63.8 Å². The summed E-state index contributed by atoms with van der Waals surface area (Å²) in [6, 6.07) is 11.5. The number of rotatable bonds is 1. The largest absolute Gasteiger partial charge is 0.148 e. The second-order valence-electron chi connectivity index (χ2n) is 9.07. The SMILES string of the molecule is C=c1c[c-]/c(=C\c2[c-]cc(C(C)(C)C)c3c2CCCC3)c2c1CCCC2.[Y]. The molecule has 0 N–H and O–H groups in total. The summed E-state index contributed by atoms with van der Waals surface area (Å²) >= 11 is 0. The van der Waals surface area contributed by atoms with Crippen molar-refractivity contribution in [3.63, 3.8) is 0 Å². The van der Waals surface area contributed by atoms with E-state index in [0.29, 0.717) is 0 Å². The maximum absolute atomic E-state index is 4.24. The standard InChI is InChI=1S/C26H30.Y/c1-18-13-14-19(22-10-6-5-9-21(18)22)17-20-15-16-25(26(2,3)4)24-12-8-7-11-23(20)24;/h13,16-17H,1,5-12H2,2-4H3;/q-2;/b19-17+;. The van der Waals surface area contributed by atoms with Crippen molar-refractivity contribution in [2.45, 2.75) is 77.6 Å². The van der Waals surface area contributed by atoms with Crippen molar-refractivity contribution in [3.05, 3.63) is 68.1 Å². The van der Waals surface area contributed by atoms with Crippen molar-refractivity contribution in [2.24, 2.45) is 0 Å². The Balaban J connectivity index is 0.00000210. The molecule has 0 spiro atoms. The fourth-order valence-corrected chi connectivity index (χ4v) is 4.79. The molecule has 2 aromatic rings. The van der Waals surface area contributed by atoms with Crippen LogP contribution in [0.5, 0.6) is 0 Å². The van der Waals surface area contributed by atoms with Gasteiger partial charge in [0.2, 0.25) is 0 Å². The Hall–Kier alpha value is -0.716. The van der Waals surface area contributed by atoms with E-state index in [0.717, 1.165) is 0 Å². The van der Waals surface area contributed by atoms with E-state index in [-0.39, 0.29) is 38.1 Å². The van der Waals surface area contributed by atoms with Crippen LogP contribution in [0, 0.1) is 12.1 Å². The first-order valence-corrected chi connectivity index (χ1v) is 10.2. The minimum atomic E-state index is 0. The maximum atomic E-state index is 4.24. The molecule has 0 saturated carbocycles. The molecule has 139 valence electrons. The van der Waals surface area contributed by atoms with Gasteiger partial charge in [0, 0.05) is 32.7 Å². The number of benzene rings is 2. The maximum Gasteiger partial charge on any atom is 0 e. The van der Waals surface area contributed by atoms with Gasteiger partial charge in [0.25, 0.3) is 0 Å². The Labute approximate surface area is 190 Å². The van der Waals surface area contributed by atoms with Crippen LogP contribution in [0.1, 0.15) is 79.8 Å². The number of hydrogen-bond acceptors (Lipinski definition) is 0. The van der Waals surface area contributed by atoms with E-state index in [2.05, 4.69) is 57.7 Å². The molecule has 1 radical (unpaired) electrons. The van der Waals surface area contributed by atoms with Crippen LogP contribution >= 0.6 is 0 Å². The first-order valence-electron chi connectivity index (χ1n) is 10.2. The van der Waals surface area contributed by atoms with Gasteiger partial charge >= 0.3 is 0 Å². The van der Waals surface area contributed by atoms with E-state index in [1.165, 1.54) is 84.1 Å². The van der Waals surface area contributed by atoms with E-state index in [1.807, 2.05) is 0 Å². The molecule has 0 saturated heterocycles. The molecule has 0 unspecified atom stereocenters. The molecule has 0 amide bonds. The normalized spacial score (nSPS) is 17.1. The molecule has 4 rings (SSSR count). The molecule has 0 atom stereocenters. The Morgan fingerprint density at radius 1 is 0.815 bits per heavy atom. The minimum Gasteiger partial charge on any atom is -0.148 e. The van der Waals surface area contributed by atoms with E-state index in [4.69, 9.17) is 0 Å². The molecule has 0 aliphatic heterocycles. The summed E-state index contributed by atoms with van der Waals surface area (Å²) in [7, 11) is 0. The monoisotopic (exact) mass is 431 g/mol. The second kappa shape index (κ2) is 8.34. The molecule has 0 fully saturated rings. The Morgan fingerprint density at radius 2 is 1.41 bits per heavy atom. The molecule has 1 heteroatoms. The van der Waals surface area contributed by atoms with E-state index in [9.17, 15) is 0 Å². The van der Waals surface area contributed by atoms with Gasteiger partial charge in [-0.15, -0.1) is 80.7 Å². The molecule has 2 aliphatic rings. The van der Waals surface area contributed by atoms with E-state index < -0.39 is 0 Å². The molecule has 0 aromatic heterocycles. The van der Waals surface area contributed by atoms with Gasteiger partial charge in [0.1, 0.15) is 0 Å². The fraction of sp³-hybridized carbons (Fsp3) is 0.462. The summed E-state index contributed by atoms with van der Waals surface area (Å²) in [5, 5.41) is 2.45. The fourth-order valence-electron chi connectivity index (χ4n) is 4.79. The molecule has 0 heterocycles. The second-order valence-corrected chi connectivity index (χ2v) is 9.07. The van der Waals surface area contributed by atoms with Gasteiger partial charge < -0.3 is 0 Å². The van der Waals surface area contributed by atoms with Crippen molar-refractivity contribution in [1.82, 2.24) is 0 Å². The quantitative estimate of drug-likeness (QED) is 0.580. The van der Waals surface area contributed by atoms with Crippen LogP contribution in [0.15, 0.2) is 12.1 Å². The van der Waals surface area contributed by atoms with E-state index >= 15 is 0 Å². The predicted molar refractivity (Wildman–Crippen MR) is 111 cm³/mol. The van der Waals surface area contributed by atoms with Crippen molar-refractivity contribution in [1.29, 1.82) is 0 Å². The first-order chi connectivity index (χ1) is 12.4. The minimum absolute atomic E-state index is 0. The van der Waals surface area contributed by atoms with Gasteiger partial charge in [0.15, 0.2) is 0 Å². The average Bonchev–Trinajstić information content (AvgIpc) is 2.63. The Bertz CT molecular complexity index is 944. The molecule has 0 bridgehead atoms. The van der Waals surface area contributed by atoms with Crippen LogP contribution in [-0.4, -0.2) is 0 Å². The summed E-state index contributed by atoms with van der Waals surface area (Å²) in [5.41, 5.74) is 9.08. The molecular weight excluding hydrogens is 401 g/mol. The molecule has 27 heavy (non-hydrogen) atoms. The van der Waals surface area contributed by atoms with E-state index in [1.54, 1.807) is 11.1 Å². The summed E-state index contributed by atoms with van der Waals surface area (Å²) in [6.45, 7) is 11.2. The molecule has 2 aliphatic carbocycles. The zero-order valence-electron chi connectivity index (χ0n) is 17.2. The number of hydrogen-bond donors (Lipinski definition) is 0. The van der Waals surface area contributed by atoms with Crippen molar-refractivity contribution >= 4 is 12.7 Å². The van der Waals surface area contributed by atoms with Gasteiger partial charge in [-0.1, -0.05) is 59.3 Å². The number of fused-ring (bicyclic) bond motifs is 2. The summed E-state index contributed by atoms with van der Waals surface area (Å²) in [5.74, 6) is 0. The molecule has 0 nitrogen and oxygen atoms in total. The van der Waals surface area contributed by atoms with Crippen LogP contribution in [0.2, 0.25) is 0 Å². The van der Waals surface area contributed by atoms with Crippen molar-refractivity contribution in [2.75, 3.05) is 0 Å².